The highest BCUT2D eigenvalue weighted by molar-refractivity contribution is 7.98. The number of para-hydroxylation sites is 2. The summed E-state index contributed by atoms with van der Waals surface area (Å²) in [6.45, 7) is 4.03. The van der Waals surface area contributed by atoms with E-state index in [-0.39, 0.29) is 0 Å². The lowest BCUT2D eigenvalue weighted by Crippen LogP contribution is -2.02. The number of anilines is 2. The fourth-order valence-electron chi connectivity index (χ4n) is 3.11. The summed E-state index contributed by atoms with van der Waals surface area (Å²) in [6, 6.07) is 18.2. The summed E-state index contributed by atoms with van der Waals surface area (Å²) < 4.78 is 1.74. The average molecular weight is 401 g/mol. The number of thioether (sulfide) groups is 1. The first-order valence-corrected chi connectivity index (χ1v) is 10.3. The van der Waals surface area contributed by atoms with Crippen LogP contribution in [-0.2, 0) is 5.75 Å². The van der Waals surface area contributed by atoms with E-state index in [1.807, 2.05) is 49.4 Å². The lowest BCUT2D eigenvalue weighted by molar-refractivity contribution is 0.881. The number of rotatable bonds is 5. The number of benzene rings is 2. The second-order valence-corrected chi connectivity index (χ2v) is 7.81. The molecule has 5 rings (SSSR count). The third-order valence-electron chi connectivity index (χ3n) is 4.52. The summed E-state index contributed by atoms with van der Waals surface area (Å²) in [6.07, 6.45) is 0. The van der Waals surface area contributed by atoms with Gasteiger partial charge in [-0.1, -0.05) is 41.6 Å². The standard InChI is InChI=1S/C21H19N7S/c1-13-7-9-15(10-8-13)23-19-11-14(2)22-20-26-21(27-28(19)20)29-12-18-24-16-5-3-4-6-17(16)25-18/h3-11,23H,12H2,1-2H3,(H,24,25). The SMILES string of the molecule is Cc1ccc(Nc2cc(C)nc3nc(SCc4nc5ccccc5[nH]4)nn23)cc1. The molecular formula is C21H19N7S. The molecule has 2 N–H and O–H groups in total. The van der Waals surface area contributed by atoms with Crippen LogP contribution in [0.5, 0.6) is 0 Å². The molecule has 0 aliphatic rings. The Labute approximate surface area is 171 Å². The van der Waals surface area contributed by atoms with Gasteiger partial charge in [-0.2, -0.15) is 9.50 Å². The van der Waals surface area contributed by atoms with Crippen LogP contribution < -0.4 is 5.32 Å². The van der Waals surface area contributed by atoms with Gasteiger partial charge in [0, 0.05) is 17.4 Å². The minimum atomic E-state index is 0.576. The average Bonchev–Trinajstić information content (AvgIpc) is 3.31. The van der Waals surface area contributed by atoms with E-state index in [2.05, 4.69) is 49.4 Å². The predicted octanol–water partition coefficient (Wildman–Crippen LogP) is 4.65. The summed E-state index contributed by atoms with van der Waals surface area (Å²) >= 11 is 1.53. The molecule has 144 valence electrons. The van der Waals surface area contributed by atoms with E-state index in [1.165, 1.54) is 17.3 Å². The van der Waals surface area contributed by atoms with Crippen LogP contribution in [0, 0.1) is 13.8 Å². The Morgan fingerprint density at radius 3 is 2.66 bits per heavy atom. The zero-order valence-electron chi connectivity index (χ0n) is 16.0. The lowest BCUT2D eigenvalue weighted by atomic mass is 10.2. The van der Waals surface area contributed by atoms with Crippen LogP contribution in [0.1, 0.15) is 17.1 Å². The summed E-state index contributed by atoms with van der Waals surface area (Å²) in [5, 5.41) is 8.71. The normalized spacial score (nSPS) is 11.4. The Balaban J connectivity index is 1.41. The fourth-order valence-corrected chi connectivity index (χ4v) is 3.80. The molecule has 0 saturated heterocycles. The maximum atomic E-state index is 4.64. The van der Waals surface area contributed by atoms with Crippen molar-refractivity contribution in [1.82, 2.24) is 29.5 Å². The smallest absolute Gasteiger partial charge is 0.255 e. The van der Waals surface area contributed by atoms with Crippen molar-refractivity contribution in [1.29, 1.82) is 0 Å². The van der Waals surface area contributed by atoms with Crippen molar-refractivity contribution in [3.63, 3.8) is 0 Å². The third-order valence-corrected chi connectivity index (χ3v) is 5.37. The van der Waals surface area contributed by atoms with Crippen LogP contribution in [0.25, 0.3) is 16.8 Å². The van der Waals surface area contributed by atoms with Gasteiger partial charge in [0.25, 0.3) is 5.78 Å². The number of imidazole rings is 1. The first kappa shape index (κ1) is 17.7. The van der Waals surface area contributed by atoms with Gasteiger partial charge in [0.1, 0.15) is 11.6 Å². The van der Waals surface area contributed by atoms with Crippen molar-refractivity contribution in [3.05, 3.63) is 71.7 Å². The van der Waals surface area contributed by atoms with E-state index < -0.39 is 0 Å². The van der Waals surface area contributed by atoms with E-state index in [9.17, 15) is 0 Å². The number of nitrogens with zero attached hydrogens (tertiary/aromatic N) is 5. The molecule has 0 fully saturated rings. The molecule has 0 amide bonds. The van der Waals surface area contributed by atoms with Gasteiger partial charge in [0.2, 0.25) is 5.16 Å². The van der Waals surface area contributed by atoms with Crippen LogP contribution in [0.15, 0.2) is 59.8 Å². The van der Waals surface area contributed by atoms with Crippen molar-refractivity contribution in [2.75, 3.05) is 5.32 Å². The number of hydrogen-bond acceptors (Lipinski definition) is 6. The Morgan fingerprint density at radius 2 is 1.83 bits per heavy atom. The van der Waals surface area contributed by atoms with Gasteiger partial charge in [0.15, 0.2) is 0 Å². The van der Waals surface area contributed by atoms with Gasteiger partial charge in [-0.15, -0.1) is 5.10 Å². The highest BCUT2D eigenvalue weighted by Crippen LogP contribution is 2.23. The second-order valence-electron chi connectivity index (χ2n) is 6.87. The minimum absolute atomic E-state index is 0.576. The molecule has 0 atom stereocenters. The summed E-state index contributed by atoms with van der Waals surface area (Å²) in [4.78, 5) is 17.0. The summed E-state index contributed by atoms with van der Waals surface area (Å²) in [5.41, 5.74) is 5.10. The molecule has 3 aromatic heterocycles. The van der Waals surface area contributed by atoms with Gasteiger partial charge in [-0.05, 0) is 38.1 Å². The first-order chi connectivity index (χ1) is 14.1. The molecule has 2 aromatic carbocycles. The fraction of sp³-hybridized carbons (Fsp3) is 0.143. The van der Waals surface area contributed by atoms with E-state index in [1.54, 1.807) is 4.52 Å². The van der Waals surface area contributed by atoms with Crippen molar-refractivity contribution in [2.24, 2.45) is 0 Å². The van der Waals surface area contributed by atoms with E-state index in [4.69, 9.17) is 0 Å². The molecule has 0 unspecified atom stereocenters. The summed E-state index contributed by atoms with van der Waals surface area (Å²) in [7, 11) is 0. The number of aromatic amines is 1. The largest absolute Gasteiger partial charge is 0.341 e. The molecule has 5 aromatic rings. The Kier molecular flexibility index (Phi) is 4.40. The van der Waals surface area contributed by atoms with Crippen molar-refractivity contribution in [3.8, 4) is 0 Å². The van der Waals surface area contributed by atoms with Gasteiger partial charge in [0.05, 0.1) is 16.8 Å². The number of H-pyrrole nitrogens is 1. The van der Waals surface area contributed by atoms with Crippen molar-refractivity contribution in [2.45, 2.75) is 24.8 Å². The number of hydrogen-bond donors (Lipinski definition) is 2. The van der Waals surface area contributed by atoms with Gasteiger partial charge < -0.3 is 10.3 Å². The molecule has 3 heterocycles. The lowest BCUT2D eigenvalue weighted by Gasteiger charge is -2.08. The van der Waals surface area contributed by atoms with Crippen LogP contribution in [-0.4, -0.2) is 29.5 Å². The molecule has 0 aliphatic carbocycles. The predicted molar refractivity (Wildman–Crippen MR) is 116 cm³/mol. The van der Waals surface area contributed by atoms with E-state index in [0.29, 0.717) is 16.7 Å². The number of aromatic nitrogens is 6. The minimum Gasteiger partial charge on any atom is -0.341 e. The first-order valence-electron chi connectivity index (χ1n) is 9.28. The molecule has 8 heteroatoms. The van der Waals surface area contributed by atoms with Crippen molar-refractivity contribution >= 4 is 40.1 Å². The monoisotopic (exact) mass is 401 g/mol. The number of aryl methyl sites for hydroxylation is 2. The van der Waals surface area contributed by atoms with Crippen molar-refractivity contribution < 1.29 is 0 Å². The van der Waals surface area contributed by atoms with Crippen LogP contribution in [0.3, 0.4) is 0 Å². The Hall–Kier alpha value is -3.39. The van der Waals surface area contributed by atoms with E-state index >= 15 is 0 Å². The number of nitrogens with one attached hydrogen (secondary N) is 2. The van der Waals surface area contributed by atoms with Crippen LogP contribution in [0.2, 0.25) is 0 Å². The van der Waals surface area contributed by atoms with Crippen LogP contribution in [0.4, 0.5) is 11.5 Å². The maximum Gasteiger partial charge on any atom is 0.255 e. The number of fused-ring (bicyclic) bond motifs is 2. The zero-order chi connectivity index (χ0) is 19.8. The Bertz CT molecular complexity index is 1270. The molecule has 0 radical (unpaired) electrons. The Morgan fingerprint density at radius 1 is 1.00 bits per heavy atom. The van der Waals surface area contributed by atoms with Crippen LogP contribution >= 0.6 is 11.8 Å². The second kappa shape index (κ2) is 7.21. The molecule has 0 spiro atoms. The molecule has 7 nitrogen and oxygen atoms in total. The summed E-state index contributed by atoms with van der Waals surface area (Å²) in [5.74, 6) is 2.97. The molecule has 0 aliphatic heterocycles. The molecule has 29 heavy (non-hydrogen) atoms. The van der Waals surface area contributed by atoms with Gasteiger partial charge in [-0.25, -0.2) is 9.97 Å². The zero-order valence-corrected chi connectivity index (χ0v) is 16.9. The van der Waals surface area contributed by atoms with Gasteiger partial charge >= 0.3 is 0 Å². The van der Waals surface area contributed by atoms with Gasteiger partial charge in [-0.3, -0.25) is 0 Å². The highest BCUT2D eigenvalue weighted by atomic mass is 32.2. The quantitative estimate of drug-likeness (QED) is 0.417. The van der Waals surface area contributed by atoms with E-state index in [0.717, 1.165) is 34.1 Å². The molecule has 0 bridgehead atoms. The molecule has 0 saturated carbocycles. The molecular weight excluding hydrogens is 382 g/mol. The maximum absolute atomic E-state index is 4.64. The topological polar surface area (TPSA) is 83.8 Å². The highest BCUT2D eigenvalue weighted by Gasteiger charge is 2.12. The third kappa shape index (κ3) is 3.66.